The molecule has 112 valence electrons. The molecule has 2 aromatic rings. The van der Waals surface area contributed by atoms with E-state index in [-0.39, 0.29) is 11.7 Å². The Kier molecular flexibility index (Phi) is 4.52. The van der Waals surface area contributed by atoms with Crippen LogP contribution in [0.25, 0.3) is 0 Å². The smallest absolute Gasteiger partial charge is 0.250 e. The van der Waals surface area contributed by atoms with Crippen molar-refractivity contribution in [1.29, 1.82) is 5.41 Å². The van der Waals surface area contributed by atoms with Gasteiger partial charge in [0.2, 0.25) is 5.88 Å². The molecule has 0 radical (unpaired) electrons. The van der Waals surface area contributed by atoms with Gasteiger partial charge in [-0.05, 0) is 25.3 Å². The zero-order valence-corrected chi connectivity index (χ0v) is 12.6. The number of hydrogen-bond donors (Lipinski definition) is 2. The van der Waals surface area contributed by atoms with E-state index in [1.807, 2.05) is 20.8 Å². The van der Waals surface area contributed by atoms with E-state index in [2.05, 4.69) is 15.3 Å². The van der Waals surface area contributed by atoms with Crippen molar-refractivity contribution < 1.29 is 4.74 Å². The fourth-order valence-electron chi connectivity index (χ4n) is 2.19. The molecule has 0 atom stereocenters. The Labute approximate surface area is 123 Å². The highest BCUT2D eigenvalue weighted by atomic mass is 16.5. The summed E-state index contributed by atoms with van der Waals surface area (Å²) in [5, 5.41) is 20.2. The van der Waals surface area contributed by atoms with Gasteiger partial charge in [-0.3, -0.25) is 10.1 Å². The van der Waals surface area contributed by atoms with Crippen molar-refractivity contribution in [3.8, 4) is 11.6 Å². The summed E-state index contributed by atoms with van der Waals surface area (Å²) in [5.41, 5.74) is 8.00. The summed E-state index contributed by atoms with van der Waals surface area (Å²) in [6, 6.07) is 0. The van der Waals surface area contributed by atoms with Gasteiger partial charge in [-0.2, -0.15) is 10.2 Å². The van der Waals surface area contributed by atoms with Crippen molar-refractivity contribution in [1.82, 2.24) is 20.0 Å². The van der Waals surface area contributed by atoms with Crippen molar-refractivity contribution in [2.24, 2.45) is 5.73 Å². The average Bonchev–Trinajstić information content (AvgIpc) is 2.93. The average molecular weight is 288 g/mol. The van der Waals surface area contributed by atoms with Crippen LogP contribution in [0.5, 0.6) is 11.6 Å². The summed E-state index contributed by atoms with van der Waals surface area (Å²) < 4.78 is 7.46. The molecule has 2 heterocycles. The van der Waals surface area contributed by atoms with Gasteiger partial charge in [0.05, 0.1) is 23.7 Å². The highest BCUT2D eigenvalue weighted by Crippen LogP contribution is 2.26. The van der Waals surface area contributed by atoms with Crippen LogP contribution < -0.4 is 10.5 Å². The molecule has 2 aromatic heterocycles. The first-order valence-electron chi connectivity index (χ1n) is 7.03. The zero-order chi connectivity index (χ0) is 15.4. The summed E-state index contributed by atoms with van der Waals surface area (Å²) in [5.74, 6) is 0.751. The van der Waals surface area contributed by atoms with E-state index in [1.165, 1.54) is 0 Å². The molecule has 0 aliphatic carbocycles. The van der Waals surface area contributed by atoms with E-state index in [1.54, 1.807) is 17.1 Å². The van der Waals surface area contributed by atoms with Gasteiger partial charge in [-0.1, -0.05) is 13.8 Å². The van der Waals surface area contributed by atoms with Crippen molar-refractivity contribution in [2.75, 3.05) is 0 Å². The minimum Gasteiger partial charge on any atom is -0.434 e. The Morgan fingerprint density at radius 3 is 2.57 bits per heavy atom. The number of amidine groups is 1. The molecular weight excluding hydrogens is 268 g/mol. The highest BCUT2D eigenvalue weighted by Gasteiger charge is 2.19. The van der Waals surface area contributed by atoms with E-state index in [4.69, 9.17) is 15.9 Å². The molecule has 0 bridgehead atoms. The number of nitrogens with one attached hydrogen (secondary N) is 1. The fourth-order valence-corrected chi connectivity index (χ4v) is 2.19. The lowest BCUT2D eigenvalue weighted by molar-refractivity contribution is 0.450. The van der Waals surface area contributed by atoms with Crippen molar-refractivity contribution in [3.05, 3.63) is 29.2 Å². The SMILES string of the molecule is CCc1nnc(Oc2cnn(CC)c2)c(C(=N)N)c1CC. The van der Waals surface area contributed by atoms with Crippen LogP contribution in [-0.2, 0) is 19.4 Å². The lowest BCUT2D eigenvalue weighted by Gasteiger charge is -2.13. The topological polar surface area (TPSA) is 103 Å². The normalized spacial score (nSPS) is 10.6. The van der Waals surface area contributed by atoms with Gasteiger partial charge in [-0.25, -0.2) is 0 Å². The van der Waals surface area contributed by atoms with E-state index in [9.17, 15) is 0 Å². The minimum absolute atomic E-state index is 0.0608. The monoisotopic (exact) mass is 288 g/mol. The van der Waals surface area contributed by atoms with Gasteiger partial charge < -0.3 is 10.5 Å². The van der Waals surface area contributed by atoms with Gasteiger partial charge in [0, 0.05) is 6.54 Å². The second-order valence-electron chi connectivity index (χ2n) is 4.56. The van der Waals surface area contributed by atoms with Crippen LogP contribution in [0.3, 0.4) is 0 Å². The van der Waals surface area contributed by atoms with Gasteiger partial charge in [-0.15, -0.1) is 5.10 Å². The van der Waals surface area contributed by atoms with Crippen LogP contribution in [-0.4, -0.2) is 25.8 Å². The summed E-state index contributed by atoms with van der Waals surface area (Å²) in [4.78, 5) is 0. The van der Waals surface area contributed by atoms with E-state index in [0.717, 1.165) is 30.6 Å². The second-order valence-corrected chi connectivity index (χ2v) is 4.56. The molecule has 21 heavy (non-hydrogen) atoms. The molecule has 7 heteroatoms. The van der Waals surface area contributed by atoms with Gasteiger partial charge in [0.15, 0.2) is 5.75 Å². The van der Waals surface area contributed by atoms with E-state index >= 15 is 0 Å². The quantitative estimate of drug-likeness (QED) is 0.624. The number of ether oxygens (including phenoxy) is 1. The van der Waals surface area contributed by atoms with E-state index in [0.29, 0.717) is 11.3 Å². The van der Waals surface area contributed by atoms with Crippen LogP contribution in [0.1, 0.15) is 37.6 Å². The third-order valence-corrected chi connectivity index (χ3v) is 3.23. The molecule has 0 aliphatic rings. The van der Waals surface area contributed by atoms with Crippen LogP contribution in [0.2, 0.25) is 0 Å². The molecule has 7 nitrogen and oxygen atoms in total. The molecule has 0 saturated heterocycles. The molecule has 0 fully saturated rings. The number of hydrogen-bond acceptors (Lipinski definition) is 5. The van der Waals surface area contributed by atoms with Crippen LogP contribution in [0, 0.1) is 5.41 Å². The molecule has 0 aromatic carbocycles. The fraction of sp³-hybridized carbons (Fsp3) is 0.429. The predicted molar refractivity (Wildman–Crippen MR) is 79.8 cm³/mol. The van der Waals surface area contributed by atoms with Crippen molar-refractivity contribution in [2.45, 2.75) is 40.2 Å². The van der Waals surface area contributed by atoms with Crippen molar-refractivity contribution >= 4 is 5.84 Å². The standard InChI is InChI=1S/C14H20N6O/c1-4-10-11(5-2)18-19-14(12(10)13(15)16)21-9-7-17-20(6-3)8-9/h7-8H,4-6H2,1-3H3,(H3,15,16). The van der Waals surface area contributed by atoms with Crippen LogP contribution in [0.4, 0.5) is 0 Å². The second kappa shape index (κ2) is 6.34. The van der Waals surface area contributed by atoms with Gasteiger partial charge in [0.1, 0.15) is 5.84 Å². The summed E-state index contributed by atoms with van der Waals surface area (Å²) in [6.07, 6.45) is 4.84. The summed E-state index contributed by atoms with van der Waals surface area (Å²) in [6.45, 7) is 6.74. The Bertz CT molecular complexity index is 649. The molecule has 0 amide bonds. The number of nitrogens with two attached hydrogens (primary N) is 1. The first-order valence-corrected chi connectivity index (χ1v) is 7.03. The highest BCUT2D eigenvalue weighted by molar-refractivity contribution is 5.98. The lowest BCUT2D eigenvalue weighted by Crippen LogP contribution is -2.18. The number of aryl methyl sites for hydroxylation is 2. The maximum Gasteiger partial charge on any atom is 0.250 e. The Morgan fingerprint density at radius 2 is 2.05 bits per heavy atom. The third-order valence-electron chi connectivity index (χ3n) is 3.23. The molecule has 0 unspecified atom stereocenters. The van der Waals surface area contributed by atoms with E-state index < -0.39 is 0 Å². The van der Waals surface area contributed by atoms with Gasteiger partial charge in [0.25, 0.3) is 0 Å². The largest absolute Gasteiger partial charge is 0.434 e. The molecule has 0 spiro atoms. The molecule has 3 N–H and O–H groups in total. The molecule has 0 saturated carbocycles. The van der Waals surface area contributed by atoms with Crippen LogP contribution >= 0.6 is 0 Å². The lowest BCUT2D eigenvalue weighted by atomic mass is 10.0. The Balaban J connectivity index is 2.45. The molecular formula is C14H20N6O. The first-order chi connectivity index (χ1) is 10.1. The molecule has 0 aliphatic heterocycles. The maximum atomic E-state index is 7.81. The maximum absolute atomic E-state index is 7.81. The summed E-state index contributed by atoms with van der Waals surface area (Å²) in [7, 11) is 0. The third kappa shape index (κ3) is 3.01. The van der Waals surface area contributed by atoms with Gasteiger partial charge >= 0.3 is 0 Å². The Hall–Kier alpha value is -2.44. The number of nitrogen functional groups attached to an aromatic ring is 1. The number of rotatable bonds is 6. The van der Waals surface area contributed by atoms with Crippen LogP contribution in [0.15, 0.2) is 12.4 Å². The predicted octanol–water partition coefficient (Wildman–Crippen LogP) is 1.89. The number of nitrogens with zero attached hydrogens (tertiary/aromatic N) is 4. The molecule has 2 rings (SSSR count). The Morgan fingerprint density at radius 1 is 1.29 bits per heavy atom. The van der Waals surface area contributed by atoms with Crippen molar-refractivity contribution in [3.63, 3.8) is 0 Å². The number of aromatic nitrogens is 4. The first kappa shape index (κ1) is 15.0. The zero-order valence-electron chi connectivity index (χ0n) is 12.6. The summed E-state index contributed by atoms with van der Waals surface area (Å²) >= 11 is 0. The minimum atomic E-state index is -0.0608.